The molecule has 3 aromatic rings. The van der Waals surface area contributed by atoms with Gasteiger partial charge in [-0.25, -0.2) is 4.98 Å². The molecule has 0 atom stereocenters. The van der Waals surface area contributed by atoms with E-state index in [0.29, 0.717) is 11.3 Å². The zero-order valence-electron chi connectivity index (χ0n) is 11.0. The Morgan fingerprint density at radius 3 is 2.60 bits per heavy atom. The van der Waals surface area contributed by atoms with Crippen molar-refractivity contribution in [2.24, 2.45) is 0 Å². The molecule has 1 aromatic carbocycles. The number of rotatable bonds is 2. The number of para-hydroxylation sites is 1. The number of nitrogens with zero attached hydrogens (tertiary/aromatic N) is 2. The van der Waals surface area contributed by atoms with Gasteiger partial charge in [-0.1, -0.05) is 24.3 Å². The number of carbonyl (C=O) groups is 1. The van der Waals surface area contributed by atoms with Crippen LogP contribution in [0.25, 0.3) is 22.3 Å². The van der Waals surface area contributed by atoms with Crippen molar-refractivity contribution < 1.29 is 4.79 Å². The molecule has 0 aliphatic heterocycles. The topological polar surface area (TPSA) is 54.9 Å². The number of nitrogens with one attached hydrogen (secondary N) is 1. The first-order valence-electron chi connectivity index (χ1n) is 6.33. The molecule has 0 saturated heterocycles. The summed E-state index contributed by atoms with van der Waals surface area (Å²) in [7, 11) is 1.62. The second-order valence-electron chi connectivity index (χ2n) is 4.37. The van der Waals surface area contributed by atoms with E-state index >= 15 is 0 Å². The van der Waals surface area contributed by atoms with E-state index < -0.39 is 0 Å². The highest BCUT2D eigenvalue weighted by Crippen LogP contribution is 2.23. The Labute approximate surface area is 116 Å². The molecule has 0 bridgehead atoms. The molecule has 20 heavy (non-hydrogen) atoms. The van der Waals surface area contributed by atoms with E-state index in [2.05, 4.69) is 15.3 Å². The van der Waals surface area contributed by atoms with Crippen molar-refractivity contribution >= 4 is 16.8 Å². The second-order valence-corrected chi connectivity index (χ2v) is 4.37. The van der Waals surface area contributed by atoms with E-state index in [1.807, 2.05) is 42.5 Å². The monoisotopic (exact) mass is 263 g/mol. The van der Waals surface area contributed by atoms with Gasteiger partial charge < -0.3 is 5.32 Å². The minimum Gasteiger partial charge on any atom is -0.355 e. The van der Waals surface area contributed by atoms with Crippen LogP contribution in [-0.2, 0) is 0 Å². The number of amides is 1. The van der Waals surface area contributed by atoms with Crippen molar-refractivity contribution in [2.75, 3.05) is 7.05 Å². The summed E-state index contributed by atoms with van der Waals surface area (Å²) in [6.07, 6.45) is 1.71. The van der Waals surface area contributed by atoms with Gasteiger partial charge >= 0.3 is 0 Å². The molecular weight excluding hydrogens is 250 g/mol. The van der Waals surface area contributed by atoms with Gasteiger partial charge in [0.2, 0.25) is 0 Å². The number of aromatic nitrogens is 2. The summed E-state index contributed by atoms with van der Waals surface area (Å²) in [5.74, 6) is -0.124. The lowest BCUT2D eigenvalue weighted by Crippen LogP contribution is -2.18. The average molecular weight is 263 g/mol. The molecule has 0 spiro atoms. The van der Waals surface area contributed by atoms with Gasteiger partial charge in [0.1, 0.15) is 0 Å². The first kappa shape index (κ1) is 12.3. The fourth-order valence-electron chi connectivity index (χ4n) is 2.14. The third kappa shape index (κ3) is 2.12. The van der Waals surface area contributed by atoms with Gasteiger partial charge in [-0.3, -0.25) is 9.78 Å². The van der Waals surface area contributed by atoms with Crippen LogP contribution in [0.2, 0.25) is 0 Å². The van der Waals surface area contributed by atoms with Crippen LogP contribution in [0.3, 0.4) is 0 Å². The molecule has 0 fully saturated rings. The van der Waals surface area contributed by atoms with Crippen molar-refractivity contribution in [3.63, 3.8) is 0 Å². The summed E-state index contributed by atoms with van der Waals surface area (Å²) < 4.78 is 0. The Balaban J connectivity index is 2.28. The summed E-state index contributed by atoms with van der Waals surface area (Å²) in [6, 6.07) is 15.0. The molecule has 3 rings (SSSR count). The number of fused-ring (bicyclic) bond motifs is 1. The Morgan fingerprint density at radius 2 is 1.85 bits per heavy atom. The van der Waals surface area contributed by atoms with Crippen LogP contribution >= 0.6 is 0 Å². The van der Waals surface area contributed by atoms with E-state index in [4.69, 9.17) is 0 Å². The Hall–Kier alpha value is -2.75. The van der Waals surface area contributed by atoms with E-state index in [9.17, 15) is 4.79 Å². The zero-order valence-corrected chi connectivity index (χ0v) is 11.0. The highest BCUT2D eigenvalue weighted by atomic mass is 16.1. The van der Waals surface area contributed by atoms with Gasteiger partial charge in [0.05, 0.1) is 22.5 Å². The largest absolute Gasteiger partial charge is 0.355 e. The van der Waals surface area contributed by atoms with Crippen LogP contribution < -0.4 is 5.32 Å². The fraction of sp³-hybridized carbons (Fsp3) is 0.0625. The predicted molar refractivity (Wildman–Crippen MR) is 78.4 cm³/mol. The maximum absolute atomic E-state index is 12.1. The van der Waals surface area contributed by atoms with E-state index in [1.54, 1.807) is 19.3 Å². The van der Waals surface area contributed by atoms with Crippen LogP contribution in [0.1, 0.15) is 10.4 Å². The predicted octanol–water partition coefficient (Wildman–Crippen LogP) is 2.66. The molecule has 98 valence electrons. The molecule has 0 aliphatic carbocycles. The third-order valence-corrected chi connectivity index (χ3v) is 3.12. The summed E-state index contributed by atoms with van der Waals surface area (Å²) in [5.41, 5.74) is 2.85. The normalized spacial score (nSPS) is 10.4. The van der Waals surface area contributed by atoms with E-state index in [-0.39, 0.29) is 5.91 Å². The van der Waals surface area contributed by atoms with Gasteiger partial charge in [0.15, 0.2) is 0 Å². The molecular formula is C16H13N3O. The third-order valence-electron chi connectivity index (χ3n) is 3.12. The Morgan fingerprint density at radius 1 is 1.05 bits per heavy atom. The first-order chi connectivity index (χ1) is 9.79. The van der Waals surface area contributed by atoms with Crippen LogP contribution in [0.5, 0.6) is 0 Å². The van der Waals surface area contributed by atoms with Gasteiger partial charge in [0, 0.05) is 18.6 Å². The van der Waals surface area contributed by atoms with Gasteiger partial charge in [0.25, 0.3) is 5.91 Å². The first-order valence-corrected chi connectivity index (χ1v) is 6.33. The van der Waals surface area contributed by atoms with Crippen molar-refractivity contribution in [1.29, 1.82) is 0 Å². The average Bonchev–Trinajstić information content (AvgIpc) is 2.54. The lowest BCUT2D eigenvalue weighted by molar-refractivity contribution is 0.0964. The maximum atomic E-state index is 12.1. The van der Waals surface area contributed by atoms with Crippen molar-refractivity contribution in [3.05, 3.63) is 60.3 Å². The minimum absolute atomic E-state index is 0.124. The summed E-state index contributed by atoms with van der Waals surface area (Å²) >= 11 is 0. The van der Waals surface area contributed by atoms with Crippen molar-refractivity contribution in [3.8, 4) is 11.4 Å². The lowest BCUT2D eigenvalue weighted by atomic mass is 10.1. The lowest BCUT2D eigenvalue weighted by Gasteiger charge is -2.08. The van der Waals surface area contributed by atoms with Crippen LogP contribution in [0, 0.1) is 0 Å². The van der Waals surface area contributed by atoms with Crippen LogP contribution in [0.15, 0.2) is 54.7 Å². The van der Waals surface area contributed by atoms with Gasteiger partial charge in [-0.15, -0.1) is 0 Å². The second kappa shape index (κ2) is 5.09. The Bertz CT molecular complexity index is 769. The molecule has 0 aliphatic rings. The molecule has 4 heteroatoms. The molecule has 1 amide bonds. The SMILES string of the molecule is CNC(=O)c1cc(-c2ccccn2)nc2ccccc12. The van der Waals surface area contributed by atoms with Crippen molar-refractivity contribution in [2.45, 2.75) is 0 Å². The molecule has 2 aromatic heterocycles. The minimum atomic E-state index is -0.124. The smallest absolute Gasteiger partial charge is 0.251 e. The van der Waals surface area contributed by atoms with Crippen LogP contribution in [-0.4, -0.2) is 22.9 Å². The van der Waals surface area contributed by atoms with Gasteiger partial charge in [-0.2, -0.15) is 0 Å². The van der Waals surface area contributed by atoms with Crippen LogP contribution in [0.4, 0.5) is 0 Å². The number of hydrogen-bond donors (Lipinski definition) is 1. The Kier molecular flexibility index (Phi) is 3.13. The molecule has 0 unspecified atom stereocenters. The molecule has 4 nitrogen and oxygen atoms in total. The van der Waals surface area contributed by atoms with Crippen molar-refractivity contribution in [1.82, 2.24) is 15.3 Å². The highest BCUT2D eigenvalue weighted by Gasteiger charge is 2.12. The van der Waals surface area contributed by atoms with Gasteiger partial charge in [-0.05, 0) is 24.3 Å². The number of hydrogen-bond acceptors (Lipinski definition) is 3. The zero-order chi connectivity index (χ0) is 13.9. The quantitative estimate of drug-likeness (QED) is 0.773. The standard InChI is InChI=1S/C16H13N3O/c1-17-16(20)12-10-15(14-8-4-5-9-18-14)19-13-7-3-2-6-11(12)13/h2-10H,1H3,(H,17,20). The summed E-state index contributed by atoms with van der Waals surface area (Å²) in [4.78, 5) is 20.9. The van der Waals surface area contributed by atoms with E-state index in [1.165, 1.54) is 0 Å². The number of benzene rings is 1. The highest BCUT2D eigenvalue weighted by molar-refractivity contribution is 6.07. The molecule has 0 saturated carbocycles. The molecule has 0 radical (unpaired) electrons. The summed E-state index contributed by atoms with van der Waals surface area (Å²) in [5, 5.41) is 3.50. The number of carbonyl (C=O) groups excluding carboxylic acids is 1. The fourth-order valence-corrected chi connectivity index (χ4v) is 2.14. The molecule has 1 N–H and O–H groups in total. The van der Waals surface area contributed by atoms with E-state index in [0.717, 1.165) is 16.6 Å². The summed E-state index contributed by atoms with van der Waals surface area (Å²) in [6.45, 7) is 0. The molecule has 2 heterocycles. The number of pyridine rings is 2. The maximum Gasteiger partial charge on any atom is 0.251 e.